The van der Waals surface area contributed by atoms with E-state index in [0.29, 0.717) is 5.92 Å². The van der Waals surface area contributed by atoms with Crippen LogP contribution in [0.15, 0.2) is 30.5 Å². The molecule has 0 bridgehead atoms. The Labute approximate surface area is 114 Å². The van der Waals surface area contributed by atoms with Crippen molar-refractivity contribution < 1.29 is 0 Å². The molecule has 0 atom stereocenters. The molecule has 1 aliphatic rings. The Morgan fingerprint density at radius 1 is 1.21 bits per heavy atom. The van der Waals surface area contributed by atoms with Crippen molar-refractivity contribution in [2.75, 3.05) is 5.73 Å². The summed E-state index contributed by atoms with van der Waals surface area (Å²) < 4.78 is 1.98. The van der Waals surface area contributed by atoms with E-state index >= 15 is 0 Å². The van der Waals surface area contributed by atoms with Gasteiger partial charge in [0.2, 0.25) is 0 Å². The molecule has 0 amide bonds. The summed E-state index contributed by atoms with van der Waals surface area (Å²) in [6, 6.07) is 8.59. The Kier molecular flexibility index (Phi) is 3.28. The van der Waals surface area contributed by atoms with Crippen molar-refractivity contribution >= 4 is 5.69 Å². The topological polar surface area (TPSA) is 43.8 Å². The molecule has 0 saturated heterocycles. The summed E-state index contributed by atoms with van der Waals surface area (Å²) in [5.74, 6) is 0.583. The zero-order valence-corrected chi connectivity index (χ0v) is 11.5. The number of nitrogens with two attached hydrogens (primary N) is 1. The van der Waals surface area contributed by atoms with Gasteiger partial charge >= 0.3 is 0 Å². The molecule has 3 nitrogen and oxygen atoms in total. The molecule has 0 spiro atoms. The van der Waals surface area contributed by atoms with E-state index < -0.39 is 0 Å². The van der Waals surface area contributed by atoms with Crippen LogP contribution in [-0.4, -0.2) is 9.78 Å². The van der Waals surface area contributed by atoms with Crippen LogP contribution in [0.2, 0.25) is 0 Å². The van der Waals surface area contributed by atoms with Crippen molar-refractivity contribution in [3.63, 3.8) is 0 Å². The van der Waals surface area contributed by atoms with Crippen molar-refractivity contribution in [3.8, 4) is 0 Å². The van der Waals surface area contributed by atoms with Crippen molar-refractivity contribution in [1.82, 2.24) is 9.78 Å². The largest absolute Gasteiger partial charge is 0.396 e. The molecule has 0 unspecified atom stereocenters. The van der Waals surface area contributed by atoms with Crippen LogP contribution in [0.25, 0.3) is 0 Å². The van der Waals surface area contributed by atoms with Gasteiger partial charge in [0.25, 0.3) is 0 Å². The summed E-state index contributed by atoms with van der Waals surface area (Å²) >= 11 is 0. The van der Waals surface area contributed by atoms with Crippen LogP contribution in [0.1, 0.15) is 48.4 Å². The Balaban J connectivity index is 1.78. The van der Waals surface area contributed by atoms with Crippen LogP contribution in [0.3, 0.4) is 0 Å². The lowest BCUT2D eigenvalue weighted by Crippen LogP contribution is -2.02. The summed E-state index contributed by atoms with van der Waals surface area (Å²) in [4.78, 5) is 0. The third-order valence-electron chi connectivity index (χ3n) is 4.03. The highest BCUT2D eigenvalue weighted by molar-refractivity contribution is 5.43. The number of benzene rings is 1. The van der Waals surface area contributed by atoms with Crippen LogP contribution in [0.4, 0.5) is 5.69 Å². The monoisotopic (exact) mass is 255 g/mol. The predicted octanol–water partition coefficient (Wildman–Crippen LogP) is 3.48. The van der Waals surface area contributed by atoms with Crippen molar-refractivity contribution in [3.05, 3.63) is 47.3 Å². The normalized spacial score (nSPS) is 16.1. The first kappa shape index (κ1) is 12.3. The van der Waals surface area contributed by atoms with Gasteiger partial charge in [0.05, 0.1) is 17.9 Å². The highest BCUT2D eigenvalue weighted by Crippen LogP contribution is 2.35. The maximum atomic E-state index is 6.12. The smallest absolute Gasteiger partial charge is 0.0884 e. The molecule has 0 aliphatic heterocycles. The number of aromatic nitrogens is 2. The van der Waals surface area contributed by atoms with Crippen molar-refractivity contribution in [2.24, 2.45) is 0 Å². The third-order valence-corrected chi connectivity index (χ3v) is 4.03. The van der Waals surface area contributed by atoms with Crippen LogP contribution >= 0.6 is 0 Å². The lowest BCUT2D eigenvalue weighted by molar-refractivity contribution is 0.629. The Morgan fingerprint density at radius 2 is 1.89 bits per heavy atom. The van der Waals surface area contributed by atoms with E-state index in [4.69, 9.17) is 10.8 Å². The Bertz CT molecular complexity index is 548. The van der Waals surface area contributed by atoms with E-state index in [1.165, 1.54) is 36.8 Å². The van der Waals surface area contributed by atoms with Crippen LogP contribution in [0, 0.1) is 6.92 Å². The lowest BCUT2D eigenvalue weighted by Gasteiger charge is -2.06. The highest BCUT2D eigenvalue weighted by Gasteiger charge is 2.22. The van der Waals surface area contributed by atoms with Gasteiger partial charge in [-0.3, -0.25) is 4.68 Å². The molecule has 3 heteroatoms. The molecule has 1 heterocycles. The second kappa shape index (κ2) is 5.08. The van der Waals surface area contributed by atoms with Gasteiger partial charge in [0.1, 0.15) is 0 Å². The number of aryl methyl sites for hydroxylation is 1. The van der Waals surface area contributed by atoms with E-state index in [0.717, 1.165) is 17.9 Å². The minimum absolute atomic E-state index is 0.583. The summed E-state index contributed by atoms with van der Waals surface area (Å²) in [6.45, 7) is 2.91. The van der Waals surface area contributed by atoms with Gasteiger partial charge in [0.15, 0.2) is 0 Å². The van der Waals surface area contributed by atoms with Crippen molar-refractivity contribution in [2.45, 2.75) is 45.1 Å². The average molecular weight is 255 g/mol. The van der Waals surface area contributed by atoms with Gasteiger partial charge in [-0.15, -0.1) is 0 Å². The number of nitrogen functional groups attached to an aromatic ring is 1. The fourth-order valence-corrected chi connectivity index (χ4v) is 2.93. The van der Waals surface area contributed by atoms with E-state index in [2.05, 4.69) is 31.2 Å². The fraction of sp³-hybridized carbons (Fsp3) is 0.438. The number of nitrogens with zero attached hydrogens (tertiary/aromatic N) is 2. The molecule has 1 aromatic carbocycles. The first-order valence-corrected chi connectivity index (χ1v) is 7.11. The fourth-order valence-electron chi connectivity index (χ4n) is 2.93. The van der Waals surface area contributed by atoms with Gasteiger partial charge < -0.3 is 5.73 Å². The summed E-state index contributed by atoms with van der Waals surface area (Å²) in [7, 11) is 0. The maximum absolute atomic E-state index is 6.12. The molecular formula is C16H21N3. The average Bonchev–Trinajstić information content (AvgIpc) is 3.01. The van der Waals surface area contributed by atoms with E-state index in [1.54, 1.807) is 0 Å². The Morgan fingerprint density at radius 3 is 2.58 bits per heavy atom. The second-order valence-electron chi connectivity index (χ2n) is 5.63. The van der Waals surface area contributed by atoms with E-state index in [-0.39, 0.29) is 0 Å². The summed E-state index contributed by atoms with van der Waals surface area (Å²) in [5, 5.41) is 4.70. The molecule has 3 rings (SSSR count). The minimum atomic E-state index is 0.583. The first-order chi connectivity index (χ1) is 9.22. The summed E-state index contributed by atoms with van der Waals surface area (Å²) in [6.07, 6.45) is 7.09. The highest BCUT2D eigenvalue weighted by atomic mass is 15.3. The molecule has 1 fully saturated rings. The molecule has 1 aromatic heterocycles. The van der Waals surface area contributed by atoms with Gasteiger partial charge in [-0.25, -0.2) is 0 Å². The SMILES string of the molecule is Cc1ccc(Cn2cc(N)c(C3CCCC3)n2)cc1. The maximum Gasteiger partial charge on any atom is 0.0884 e. The van der Waals surface area contributed by atoms with Crippen LogP contribution in [0.5, 0.6) is 0 Å². The lowest BCUT2D eigenvalue weighted by atomic mass is 10.0. The zero-order chi connectivity index (χ0) is 13.2. The van der Waals surface area contributed by atoms with Gasteiger partial charge in [-0.05, 0) is 25.3 Å². The number of hydrogen-bond donors (Lipinski definition) is 1. The molecule has 2 aromatic rings. The number of hydrogen-bond acceptors (Lipinski definition) is 2. The second-order valence-corrected chi connectivity index (χ2v) is 5.63. The third kappa shape index (κ3) is 2.65. The van der Waals surface area contributed by atoms with E-state index in [9.17, 15) is 0 Å². The molecule has 1 aliphatic carbocycles. The minimum Gasteiger partial charge on any atom is -0.396 e. The number of anilines is 1. The Hall–Kier alpha value is -1.77. The zero-order valence-electron chi connectivity index (χ0n) is 11.5. The molecule has 100 valence electrons. The number of rotatable bonds is 3. The van der Waals surface area contributed by atoms with Crippen LogP contribution < -0.4 is 5.73 Å². The van der Waals surface area contributed by atoms with Gasteiger partial charge in [-0.1, -0.05) is 42.7 Å². The van der Waals surface area contributed by atoms with Crippen LogP contribution in [-0.2, 0) is 6.54 Å². The quantitative estimate of drug-likeness (QED) is 0.912. The predicted molar refractivity (Wildman–Crippen MR) is 78.1 cm³/mol. The summed E-state index contributed by atoms with van der Waals surface area (Å²) in [5.41, 5.74) is 10.6. The van der Waals surface area contributed by atoms with Crippen molar-refractivity contribution in [1.29, 1.82) is 0 Å². The molecule has 19 heavy (non-hydrogen) atoms. The molecular weight excluding hydrogens is 234 g/mol. The molecule has 1 saturated carbocycles. The molecule has 0 radical (unpaired) electrons. The molecule has 2 N–H and O–H groups in total. The first-order valence-electron chi connectivity index (χ1n) is 7.11. The standard InChI is InChI=1S/C16H21N3/c1-12-6-8-13(9-7-12)10-19-11-15(17)16(18-19)14-4-2-3-5-14/h6-9,11,14H,2-5,10,17H2,1H3. The van der Waals surface area contributed by atoms with Gasteiger partial charge in [-0.2, -0.15) is 5.10 Å². The van der Waals surface area contributed by atoms with Gasteiger partial charge in [0, 0.05) is 12.1 Å². The van der Waals surface area contributed by atoms with E-state index in [1.807, 2.05) is 10.9 Å².